The van der Waals surface area contributed by atoms with Crippen LogP contribution in [0.2, 0.25) is 10.6 Å². The molecule has 14 heavy (non-hydrogen) atoms. The van der Waals surface area contributed by atoms with E-state index in [4.69, 9.17) is 23.2 Å². The predicted molar refractivity (Wildman–Crippen MR) is 58.0 cm³/mol. The molecule has 0 unspecified atom stereocenters. The highest BCUT2D eigenvalue weighted by Crippen LogP contribution is 2.12. The van der Waals surface area contributed by atoms with Crippen LogP contribution in [0.1, 0.15) is 19.8 Å². The number of unbranched alkanes of at least 4 members (excludes halogenated alkanes) is 1. The third-order valence-electron chi connectivity index (χ3n) is 1.76. The Kier molecular flexibility index (Phi) is 4.35. The van der Waals surface area contributed by atoms with Crippen molar-refractivity contribution < 1.29 is 0 Å². The van der Waals surface area contributed by atoms with Crippen molar-refractivity contribution in [2.45, 2.75) is 19.8 Å². The molecule has 1 rings (SSSR count). The lowest BCUT2D eigenvalue weighted by atomic mass is 10.3. The van der Waals surface area contributed by atoms with E-state index in [0.717, 1.165) is 19.4 Å². The zero-order chi connectivity index (χ0) is 10.6. The Hall–Kier alpha value is -0.610. The first-order chi connectivity index (χ1) is 6.63. The average Bonchev–Trinajstić information content (AvgIpc) is 2.12. The van der Waals surface area contributed by atoms with E-state index in [9.17, 15) is 0 Å². The minimum atomic E-state index is 0.128. The summed E-state index contributed by atoms with van der Waals surface area (Å²) in [7, 11) is 1.90. The number of nitrogens with zero attached hydrogens (tertiary/aromatic N) is 4. The summed E-state index contributed by atoms with van der Waals surface area (Å²) in [4.78, 5) is 13.5. The van der Waals surface area contributed by atoms with Crippen LogP contribution >= 0.6 is 23.2 Å². The van der Waals surface area contributed by atoms with Gasteiger partial charge in [-0.3, -0.25) is 0 Å². The molecule has 0 N–H and O–H groups in total. The van der Waals surface area contributed by atoms with Gasteiger partial charge in [0, 0.05) is 13.6 Å². The van der Waals surface area contributed by atoms with Crippen LogP contribution in [-0.4, -0.2) is 28.5 Å². The van der Waals surface area contributed by atoms with Crippen molar-refractivity contribution in [1.82, 2.24) is 15.0 Å². The van der Waals surface area contributed by atoms with Crippen LogP contribution in [0.4, 0.5) is 5.95 Å². The summed E-state index contributed by atoms with van der Waals surface area (Å²) in [5.74, 6) is 0.517. The average molecular weight is 235 g/mol. The zero-order valence-electron chi connectivity index (χ0n) is 8.17. The second kappa shape index (κ2) is 5.32. The van der Waals surface area contributed by atoms with E-state index in [1.807, 2.05) is 11.9 Å². The molecule has 1 heterocycles. The van der Waals surface area contributed by atoms with Crippen LogP contribution in [-0.2, 0) is 0 Å². The summed E-state index contributed by atoms with van der Waals surface area (Å²) in [6.45, 7) is 3.01. The van der Waals surface area contributed by atoms with Gasteiger partial charge in [0.2, 0.25) is 16.5 Å². The summed E-state index contributed by atoms with van der Waals surface area (Å²) >= 11 is 11.3. The van der Waals surface area contributed by atoms with Crippen LogP contribution in [0.5, 0.6) is 0 Å². The first-order valence-corrected chi connectivity index (χ1v) is 5.17. The van der Waals surface area contributed by atoms with Gasteiger partial charge >= 0.3 is 0 Å². The first-order valence-electron chi connectivity index (χ1n) is 4.41. The molecule has 1 aromatic heterocycles. The van der Waals surface area contributed by atoms with Crippen molar-refractivity contribution in [3.63, 3.8) is 0 Å². The zero-order valence-corrected chi connectivity index (χ0v) is 9.68. The Morgan fingerprint density at radius 1 is 1.14 bits per heavy atom. The highest BCUT2D eigenvalue weighted by molar-refractivity contribution is 6.31. The van der Waals surface area contributed by atoms with Crippen LogP contribution < -0.4 is 4.90 Å². The van der Waals surface area contributed by atoms with Gasteiger partial charge in [-0.25, -0.2) is 0 Å². The Bertz CT molecular complexity index is 285. The topological polar surface area (TPSA) is 41.9 Å². The molecular formula is C8H12Cl2N4. The van der Waals surface area contributed by atoms with E-state index in [2.05, 4.69) is 21.9 Å². The number of rotatable bonds is 4. The van der Waals surface area contributed by atoms with Crippen molar-refractivity contribution in [2.24, 2.45) is 0 Å². The molecule has 0 amide bonds. The summed E-state index contributed by atoms with van der Waals surface area (Å²) in [5.41, 5.74) is 0. The fourth-order valence-electron chi connectivity index (χ4n) is 0.982. The lowest BCUT2D eigenvalue weighted by Gasteiger charge is -2.15. The maximum Gasteiger partial charge on any atom is 0.230 e. The van der Waals surface area contributed by atoms with E-state index >= 15 is 0 Å². The van der Waals surface area contributed by atoms with Gasteiger partial charge in [-0.1, -0.05) is 13.3 Å². The van der Waals surface area contributed by atoms with Crippen molar-refractivity contribution in [1.29, 1.82) is 0 Å². The highest BCUT2D eigenvalue weighted by Gasteiger charge is 2.07. The lowest BCUT2D eigenvalue weighted by Crippen LogP contribution is -2.21. The number of anilines is 1. The maximum atomic E-state index is 5.65. The number of aromatic nitrogens is 3. The monoisotopic (exact) mass is 234 g/mol. The smallest absolute Gasteiger partial charge is 0.230 e. The summed E-state index contributed by atoms with van der Waals surface area (Å²) < 4.78 is 0. The van der Waals surface area contributed by atoms with Crippen LogP contribution in [0.15, 0.2) is 0 Å². The Morgan fingerprint density at radius 3 is 2.21 bits per heavy atom. The van der Waals surface area contributed by atoms with E-state index < -0.39 is 0 Å². The van der Waals surface area contributed by atoms with Gasteiger partial charge in [-0.2, -0.15) is 15.0 Å². The summed E-state index contributed by atoms with van der Waals surface area (Å²) in [6.07, 6.45) is 2.20. The highest BCUT2D eigenvalue weighted by atomic mass is 35.5. The molecule has 0 aliphatic heterocycles. The molecule has 78 valence electrons. The van der Waals surface area contributed by atoms with Gasteiger partial charge in [-0.05, 0) is 29.6 Å². The van der Waals surface area contributed by atoms with Crippen LogP contribution in [0, 0.1) is 0 Å². The molecule has 0 fully saturated rings. The molecule has 0 spiro atoms. The molecule has 0 aliphatic rings. The second-order valence-corrected chi connectivity index (χ2v) is 3.62. The molecule has 0 bridgehead atoms. The molecule has 0 atom stereocenters. The van der Waals surface area contributed by atoms with Gasteiger partial charge in [0.1, 0.15) is 0 Å². The lowest BCUT2D eigenvalue weighted by molar-refractivity contribution is 0.747. The van der Waals surface area contributed by atoms with Crippen molar-refractivity contribution >= 4 is 29.2 Å². The molecule has 1 aromatic rings. The normalized spacial score (nSPS) is 10.3. The molecular weight excluding hydrogens is 223 g/mol. The maximum absolute atomic E-state index is 5.65. The SMILES string of the molecule is CCCCN(C)c1nc(Cl)nc(Cl)n1. The van der Waals surface area contributed by atoms with E-state index in [-0.39, 0.29) is 10.6 Å². The Morgan fingerprint density at radius 2 is 1.71 bits per heavy atom. The molecule has 0 radical (unpaired) electrons. The van der Waals surface area contributed by atoms with Crippen molar-refractivity contribution in [2.75, 3.05) is 18.5 Å². The fourth-order valence-corrected chi connectivity index (χ4v) is 1.34. The largest absolute Gasteiger partial charge is 0.344 e. The quantitative estimate of drug-likeness (QED) is 0.803. The van der Waals surface area contributed by atoms with Gasteiger partial charge in [0.15, 0.2) is 0 Å². The predicted octanol–water partition coefficient (Wildman–Crippen LogP) is 2.41. The van der Waals surface area contributed by atoms with Gasteiger partial charge < -0.3 is 4.90 Å². The molecule has 4 nitrogen and oxygen atoms in total. The van der Waals surface area contributed by atoms with Gasteiger partial charge in [0.25, 0.3) is 0 Å². The molecule has 0 aromatic carbocycles. The third kappa shape index (κ3) is 3.27. The Labute approximate surface area is 93.3 Å². The second-order valence-electron chi connectivity index (χ2n) is 2.95. The minimum absolute atomic E-state index is 0.128. The minimum Gasteiger partial charge on any atom is -0.344 e. The molecule has 0 aliphatic carbocycles. The fraction of sp³-hybridized carbons (Fsp3) is 0.625. The third-order valence-corrected chi connectivity index (χ3v) is 2.10. The van der Waals surface area contributed by atoms with E-state index in [1.165, 1.54) is 0 Å². The molecule has 0 saturated carbocycles. The summed E-state index contributed by atoms with van der Waals surface area (Å²) in [5, 5.41) is 0.256. The van der Waals surface area contributed by atoms with Crippen LogP contribution in [0.25, 0.3) is 0 Å². The Balaban J connectivity index is 2.73. The number of halogens is 2. The summed E-state index contributed by atoms with van der Waals surface area (Å²) in [6, 6.07) is 0. The van der Waals surface area contributed by atoms with Gasteiger partial charge in [-0.15, -0.1) is 0 Å². The first kappa shape index (κ1) is 11.5. The number of hydrogen-bond donors (Lipinski definition) is 0. The van der Waals surface area contributed by atoms with Crippen molar-refractivity contribution in [3.05, 3.63) is 10.6 Å². The molecule has 6 heteroatoms. The van der Waals surface area contributed by atoms with Crippen LogP contribution in [0.3, 0.4) is 0 Å². The van der Waals surface area contributed by atoms with Gasteiger partial charge in [0.05, 0.1) is 0 Å². The van der Waals surface area contributed by atoms with E-state index in [1.54, 1.807) is 0 Å². The van der Waals surface area contributed by atoms with E-state index in [0.29, 0.717) is 5.95 Å². The standard InChI is InChI=1S/C8H12Cl2N4/c1-3-4-5-14(2)8-12-6(9)11-7(10)13-8/h3-5H2,1-2H3. The molecule has 0 saturated heterocycles. The van der Waals surface area contributed by atoms with Crippen molar-refractivity contribution in [3.8, 4) is 0 Å². The number of hydrogen-bond acceptors (Lipinski definition) is 4.